The van der Waals surface area contributed by atoms with Gasteiger partial charge in [0.25, 0.3) is 0 Å². The number of hydrogen-bond donors (Lipinski definition) is 1. The Balaban J connectivity index is 1.31. The molecule has 4 aromatic carbocycles. The van der Waals surface area contributed by atoms with Gasteiger partial charge in [-0.05, 0) is 71.0 Å². The van der Waals surface area contributed by atoms with E-state index >= 15 is 0 Å². The number of benzene rings is 4. The lowest BCUT2D eigenvalue weighted by Crippen LogP contribution is -2.30. The van der Waals surface area contributed by atoms with Crippen LogP contribution < -0.4 is 4.74 Å². The van der Waals surface area contributed by atoms with Crippen LogP contribution in [0.15, 0.2) is 97.1 Å². The van der Waals surface area contributed by atoms with E-state index in [-0.39, 0.29) is 6.04 Å². The van der Waals surface area contributed by atoms with Gasteiger partial charge in [0.2, 0.25) is 0 Å². The minimum Gasteiger partial charge on any atom is -0.492 e. The number of carboxylic acid groups (broad SMARTS) is 1. The summed E-state index contributed by atoms with van der Waals surface area (Å²) in [5, 5.41) is 9.22. The van der Waals surface area contributed by atoms with Crippen LogP contribution in [0.1, 0.15) is 33.9 Å². The number of carbonyl (C=O) groups is 1. The molecule has 1 N–H and O–H groups in total. The summed E-state index contributed by atoms with van der Waals surface area (Å²) in [7, 11) is 3.59. The molecule has 1 aliphatic carbocycles. The first kappa shape index (κ1) is 26.7. The molecule has 200 valence electrons. The van der Waals surface area contributed by atoms with Crippen LogP contribution in [0.25, 0.3) is 11.1 Å². The Bertz CT molecular complexity index is 1400. The number of rotatable bonds is 10. The lowest BCUT2D eigenvalue weighted by molar-refractivity contribution is -0.148. The number of aliphatic carboxylic acids is 1. The highest BCUT2D eigenvalue weighted by Gasteiger charge is 2.27. The number of hydrogen-bond acceptors (Lipinski definition) is 4. The molecule has 0 aromatic heterocycles. The molecular weight excluding hydrogens is 486 g/mol. The van der Waals surface area contributed by atoms with E-state index in [1.807, 2.05) is 24.3 Å². The van der Waals surface area contributed by atoms with E-state index in [4.69, 9.17) is 9.47 Å². The summed E-state index contributed by atoms with van der Waals surface area (Å²) in [6, 6.07) is 34.0. The SMILES string of the molecule is COC(Cc1ccc(OCCN(C)C2c3ccccc3CCc3cc(-c4ccccc4)ccc32)cc1)C(=O)O. The van der Waals surface area contributed by atoms with Crippen LogP contribution in [0.3, 0.4) is 0 Å². The molecule has 2 atom stereocenters. The van der Waals surface area contributed by atoms with Crippen LogP contribution in [0.2, 0.25) is 0 Å². The number of ether oxygens (including phenoxy) is 2. The maximum atomic E-state index is 11.2. The second-order valence-electron chi connectivity index (χ2n) is 10.1. The number of aryl methyl sites for hydroxylation is 2. The van der Waals surface area contributed by atoms with Crippen LogP contribution in [-0.4, -0.2) is 49.4 Å². The third-order valence-electron chi connectivity index (χ3n) is 7.62. The molecule has 39 heavy (non-hydrogen) atoms. The predicted octanol–water partition coefficient (Wildman–Crippen LogP) is 6.19. The molecule has 2 unspecified atom stereocenters. The van der Waals surface area contributed by atoms with Gasteiger partial charge in [-0.2, -0.15) is 0 Å². The van der Waals surface area contributed by atoms with Crippen molar-refractivity contribution in [2.24, 2.45) is 0 Å². The van der Waals surface area contributed by atoms with E-state index in [1.54, 1.807) is 0 Å². The van der Waals surface area contributed by atoms with Crippen molar-refractivity contribution in [3.63, 3.8) is 0 Å². The topological polar surface area (TPSA) is 59.0 Å². The fourth-order valence-electron chi connectivity index (χ4n) is 5.48. The highest BCUT2D eigenvalue weighted by Crippen LogP contribution is 2.37. The van der Waals surface area contributed by atoms with Crippen LogP contribution in [-0.2, 0) is 28.8 Å². The molecule has 1 aliphatic rings. The Morgan fingerprint density at radius 1 is 0.872 bits per heavy atom. The van der Waals surface area contributed by atoms with E-state index in [9.17, 15) is 9.90 Å². The van der Waals surface area contributed by atoms with Crippen molar-refractivity contribution in [2.45, 2.75) is 31.4 Å². The number of methoxy groups -OCH3 is 1. The fraction of sp³-hybridized carbons (Fsp3) is 0.265. The van der Waals surface area contributed by atoms with Crippen molar-refractivity contribution >= 4 is 5.97 Å². The number of carboxylic acids is 1. The van der Waals surface area contributed by atoms with Crippen molar-refractivity contribution in [1.82, 2.24) is 4.90 Å². The molecule has 0 saturated heterocycles. The van der Waals surface area contributed by atoms with Gasteiger partial charge in [0, 0.05) is 20.1 Å². The minimum absolute atomic E-state index is 0.150. The van der Waals surface area contributed by atoms with Crippen molar-refractivity contribution < 1.29 is 19.4 Å². The first-order chi connectivity index (χ1) is 19.0. The zero-order valence-electron chi connectivity index (χ0n) is 22.5. The highest BCUT2D eigenvalue weighted by atomic mass is 16.5. The van der Waals surface area contributed by atoms with E-state index in [0.717, 1.165) is 30.7 Å². The Labute approximate surface area is 230 Å². The molecule has 0 fully saturated rings. The van der Waals surface area contributed by atoms with Gasteiger partial charge in [-0.25, -0.2) is 4.79 Å². The lowest BCUT2D eigenvalue weighted by Gasteiger charge is -2.30. The van der Waals surface area contributed by atoms with Crippen molar-refractivity contribution in [3.05, 3.63) is 125 Å². The molecule has 5 heteroatoms. The normalized spacial score (nSPS) is 15.2. The van der Waals surface area contributed by atoms with Gasteiger partial charge in [0.1, 0.15) is 12.4 Å². The monoisotopic (exact) mass is 521 g/mol. The molecular formula is C34H35NO4. The molecule has 0 bridgehead atoms. The molecule has 5 rings (SSSR count). The van der Waals surface area contributed by atoms with Gasteiger partial charge in [-0.15, -0.1) is 0 Å². The molecule has 0 amide bonds. The van der Waals surface area contributed by atoms with Gasteiger partial charge >= 0.3 is 5.97 Å². The van der Waals surface area contributed by atoms with Crippen LogP contribution in [0, 0.1) is 0 Å². The number of nitrogens with zero attached hydrogens (tertiary/aromatic N) is 1. The average Bonchev–Trinajstić information content (AvgIpc) is 3.13. The molecule has 0 heterocycles. The summed E-state index contributed by atoms with van der Waals surface area (Å²) in [6.07, 6.45) is 1.52. The average molecular weight is 522 g/mol. The van der Waals surface area contributed by atoms with Gasteiger partial charge in [-0.1, -0.05) is 84.9 Å². The Morgan fingerprint density at radius 3 is 2.31 bits per heavy atom. The first-order valence-electron chi connectivity index (χ1n) is 13.5. The summed E-state index contributed by atoms with van der Waals surface area (Å²) in [5.41, 5.74) is 8.92. The summed E-state index contributed by atoms with van der Waals surface area (Å²) in [5.74, 6) is -0.190. The van der Waals surface area contributed by atoms with E-state index in [0.29, 0.717) is 13.0 Å². The maximum Gasteiger partial charge on any atom is 0.333 e. The van der Waals surface area contributed by atoms with E-state index in [1.165, 1.54) is 40.5 Å². The standard InChI is InChI=1S/C34H35NO4/c1-35(20-21-39-29-17-12-24(13-18-29)22-32(38-2)34(36)37)33-30-11-7-6-10-26(30)14-15-28-23-27(16-19-31(28)33)25-8-4-3-5-9-25/h3-13,16-19,23,32-33H,14-15,20-22H2,1-2H3,(H,36,37). The van der Waals surface area contributed by atoms with Crippen molar-refractivity contribution in [1.29, 1.82) is 0 Å². The molecule has 0 saturated carbocycles. The third kappa shape index (κ3) is 6.22. The van der Waals surface area contributed by atoms with E-state index in [2.05, 4.69) is 84.7 Å². The Hall–Kier alpha value is -3.93. The largest absolute Gasteiger partial charge is 0.492 e. The summed E-state index contributed by atoms with van der Waals surface area (Å²) in [6.45, 7) is 1.30. The summed E-state index contributed by atoms with van der Waals surface area (Å²) >= 11 is 0. The highest BCUT2D eigenvalue weighted by molar-refractivity contribution is 5.72. The van der Waals surface area contributed by atoms with Crippen molar-refractivity contribution in [2.75, 3.05) is 27.3 Å². The smallest absolute Gasteiger partial charge is 0.333 e. The molecule has 4 aromatic rings. The van der Waals surface area contributed by atoms with E-state index < -0.39 is 12.1 Å². The molecule has 0 spiro atoms. The quantitative estimate of drug-likeness (QED) is 0.270. The number of likely N-dealkylation sites (N-methyl/N-ethyl adjacent to an activating group) is 1. The van der Waals surface area contributed by atoms with Crippen molar-refractivity contribution in [3.8, 4) is 16.9 Å². The lowest BCUT2D eigenvalue weighted by atomic mass is 9.91. The van der Waals surface area contributed by atoms with Crippen LogP contribution >= 0.6 is 0 Å². The second kappa shape index (κ2) is 12.3. The zero-order valence-corrected chi connectivity index (χ0v) is 22.5. The maximum absolute atomic E-state index is 11.2. The Morgan fingerprint density at radius 2 is 1.56 bits per heavy atom. The molecule has 0 aliphatic heterocycles. The summed E-state index contributed by atoms with van der Waals surface area (Å²) < 4.78 is 11.1. The third-order valence-corrected chi connectivity index (χ3v) is 7.62. The van der Waals surface area contributed by atoms with Gasteiger partial charge in [-0.3, -0.25) is 4.90 Å². The van der Waals surface area contributed by atoms with Crippen LogP contribution in [0.5, 0.6) is 5.75 Å². The minimum atomic E-state index is -0.959. The van der Waals surface area contributed by atoms with Gasteiger partial charge in [0.05, 0.1) is 6.04 Å². The second-order valence-corrected chi connectivity index (χ2v) is 10.1. The van der Waals surface area contributed by atoms with Crippen LogP contribution in [0.4, 0.5) is 0 Å². The van der Waals surface area contributed by atoms with Gasteiger partial charge in [0.15, 0.2) is 6.10 Å². The van der Waals surface area contributed by atoms with Gasteiger partial charge < -0.3 is 14.6 Å². The predicted molar refractivity (Wildman–Crippen MR) is 154 cm³/mol. The first-order valence-corrected chi connectivity index (χ1v) is 13.5. The molecule has 0 radical (unpaired) electrons. The summed E-state index contributed by atoms with van der Waals surface area (Å²) in [4.78, 5) is 13.6. The zero-order chi connectivity index (χ0) is 27.2. The fourth-order valence-corrected chi connectivity index (χ4v) is 5.48. The molecule has 5 nitrogen and oxygen atoms in total. The Kier molecular flexibility index (Phi) is 8.40. The number of fused-ring (bicyclic) bond motifs is 2.